The molecule has 0 unspecified atom stereocenters. The van der Waals surface area contributed by atoms with Gasteiger partial charge in [-0.1, -0.05) is 6.92 Å². The van der Waals surface area contributed by atoms with E-state index >= 15 is 0 Å². The monoisotopic (exact) mass is 303 g/mol. The summed E-state index contributed by atoms with van der Waals surface area (Å²) in [6, 6.07) is 0. The fourth-order valence-corrected chi connectivity index (χ4v) is 2.61. The van der Waals surface area contributed by atoms with Crippen molar-refractivity contribution >= 4 is 17.9 Å². The lowest BCUT2D eigenvalue weighted by molar-refractivity contribution is -0.0666. The van der Waals surface area contributed by atoms with Crippen molar-refractivity contribution in [2.45, 2.75) is 58.7 Å². The van der Waals surface area contributed by atoms with Gasteiger partial charge in [-0.25, -0.2) is 4.79 Å². The van der Waals surface area contributed by atoms with Gasteiger partial charge < -0.3 is 14.4 Å². The summed E-state index contributed by atoms with van der Waals surface area (Å²) in [6.07, 6.45) is 1.55. The zero-order valence-electron chi connectivity index (χ0n) is 13.5. The maximum Gasteiger partial charge on any atom is 0.410 e. The molecule has 0 N–H and O–H groups in total. The number of carbonyl (C=O) groups excluding carboxylic acids is 1. The van der Waals surface area contributed by atoms with Crippen molar-refractivity contribution in [3.05, 3.63) is 0 Å². The summed E-state index contributed by atoms with van der Waals surface area (Å²) >= 11 is 1.90. The molecule has 0 atom stereocenters. The zero-order valence-corrected chi connectivity index (χ0v) is 14.3. The molecule has 1 amide bonds. The van der Waals surface area contributed by atoms with E-state index in [9.17, 15) is 4.79 Å². The van der Waals surface area contributed by atoms with Crippen LogP contribution in [0.3, 0.4) is 0 Å². The van der Waals surface area contributed by atoms with Gasteiger partial charge in [0.1, 0.15) is 5.60 Å². The molecule has 0 bridgehead atoms. The molecule has 0 spiro atoms. The Morgan fingerprint density at radius 2 is 1.90 bits per heavy atom. The third-order valence-electron chi connectivity index (χ3n) is 3.36. The largest absolute Gasteiger partial charge is 0.444 e. The Balaban J connectivity index is 2.33. The lowest BCUT2D eigenvalue weighted by atomic mass is 9.93. The van der Waals surface area contributed by atoms with E-state index in [1.807, 2.05) is 32.5 Å². The molecule has 0 aliphatic carbocycles. The molecule has 1 aliphatic rings. The van der Waals surface area contributed by atoms with Crippen LogP contribution in [0.2, 0.25) is 0 Å². The van der Waals surface area contributed by atoms with E-state index < -0.39 is 5.60 Å². The van der Waals surface area contributed by atoms with Gasteiger partial charge in [-0.2, -0.15) is 11.8 Å². The maximum absolute atomic E-state index is 12.0. The normalized spacial score (nSPS) is 18.9. The van der Waals surface area contributed by atoms with E-state index in [0.29, 0.717) is 13.1 Å². The Labute approximate surface area is 127 Å². The van der Waals surface area contributed by atoms with Crippen LogP contribution < -0.4 is 0 Å². The highest BCUT2D eigenvalue weighted by Crippen LogP contribution is 2.27. The molecule has 0 saturated carbocycles. The molecule has 5 heteroatoms. The van der Waals surface area contributed by atoms with Crippen molar-refractivity contribution in [3.63, 3.8) is 0 Å². The summed E-state index contributed by atoms with van der Waals surface area (Å²) in [5, 5.41) is 0. The number of thioether (sulfide) groups is 1. The number of hydrogen-bond acceptors (Lipinski definition) is 4. The maximum atomic E-state index is 12.0. The predicted octanol–water partition coefficient (Wildman–Crippen LogP) is 3.55. The Bertz CT molecular complexity index is 307. The van der Waals surface area contributed by atoms with Crippen molar-refractivity contribution in [1.29, 1.82) is 0 Å². The number of hydrogen-bond donors (Lipinski definition) is 0. The first-order valence-corrected chi connectivity index (χ1v) is 8.61. The highest BCUT2D eigenvalue weighted by molar-refractivity contribution is 7.99. The van der Waals surface area contributed by atoms with E-state index in [0.717, 1.165) is 31.0 Å². The quantitative estimate of drug-likeness (QED) is 0.728. The molecule has 0 aromatic heterocycles. The lowest BCUT2D eigenvalue weighted by Crippen LogP contribution is -2.48. The molecular formula is C15H29NO3S. The highest BCUT2D eigenvalue weighted by Gasteiger charge is 2.34. The number of ether oxygens (including phenoxy) is 2. The summed E-state index contributed by atoms with van der Waals surface area (Å²) in [6.45, 7) is 12.2. The number of amides is 1. The average molecular weight is 303 g/mol. The van der Waals surface area contributed by atoms with Crippen LogP contribution in [0.15, 0.2) is 0 Å². The minimum Gasteiger partial charge on any atom is -0.444 e. The van der Waals surface area contributed by atoms with Crippen LogP contribution in [-0.2, 0) is 9.47 Å². The Morgan fingerprint density at radius 3 is 2.40 bits per heavy atom. The summed E-state index contributed by atoms with van der Waals surface area (Å²) in [5.41, 5.74) is -0.515. The summed E-state index contributed by atoms with van der Waals surface area (Å²) in [7, 11) is 0. The minimum atomic E-state index is -0.425. The van der Waals surface area contributed by atoms with Crippen molar-refractivity contribution in [2.24, 2.45) is 0 Å². The summed E-state index contributed by atoms with van der Waals surface area (Å²) in [5.74, 6) is 2.17. The van der Waals surface area contributed by atoms with Gasteiger partial charge in [0.05, 0.1) is 12.2 Å². The second-order valence-electron chi connectivity index (χ2n) is 6.46. The first-order valence-electron chi connectivity index (χ1n) is 7.45. The van der Waals surface area contributed by atoms with E-state index in [1.165, 1.54) is 0 Å². The number of carbonyl (C=O) groups is 1. The molecule has 1 heterocycles. The van der Waals surface area contributed by atoms with E-state index in [2.05, 4.69) is 13.8 Å². The summed E-state index contributed by atoms with van der Waals surface area (Å²) in [4.78, 5) is 13.8. The average Bonchev–Trinajstić information content (AvgIpc) is 2.33. The number of nitrogens with zero attached hydrogens (tertiary/aromatic N) is 1. The molecule has 0 aromatic carbocycles. The van der Waals surface area contributed by atoms with Gasteiger partial charge in [0.25, 0.3) is 0 Å². The number of piperidine rings is 1. The fraction of sp³-hybridized carbons (Fsp3) is 0.933. The lowest BCUT2D eigenvalue weighted by Gasteiger charge is -2.39. The molecule has 1 fully saturated rings. The molecule has 1 aliphatic heterocycles. The Morgan fingerprint density at radius 1 is 1.30 bits per heavy atom. The first-order chi connectivity index (χ1) is 9.26. The second kappa shape index (κ2) is 7.55. The SMILES string of the molecule is CCSCCOC1(C)CCN(C(=O)OC(C)(C)C)CC1. The first kappa shape index (κ1) is 17.6. The van der Waals surface area contributed by atoms with E-state index in [1.54, 1.807) is 4.90 Å². The fourth-order valence-electron chi connectivity index (χ4n) is 2.12. The Hall–Kier alpha value is -0.420. The van der Waals surface area contributed by atoms with Gasteiger partial charge in [0, 0.05) is 18.8 Å². The van der Waals surface area contributed by atoms with Gasteiger partial charge in [0.2, 0.25) is 0 Å². The molecule has 4 nitrogen and oxygen atoms in total. The predicted molar refractivity (Wildman–Crippen MR) is 84.4 cm³/mol. The molecular weight excluding hydrogens is 274 g/mol. The van der Waals surface area contributed by atoms with Crippen molar-refractivity contribution in [1.82, 2.24) is 4.90 Å². The van der Waals surface area contributed by atoms with Gasteiger partial charge in [0.15, 0.2) is 0 Å². The Kier molecular flexibility index (Phi) is 6.65. The second-order valence-corrected chi connectivity index (χ2v) is 7.86. The van der Waals surface area contributed by atoms with Crippen LogP contribution in [0.5, 0.6) is 0 Å². The van der Waals surface area contributed by atoms with Gasteiger partial charge >= 0.3 is 6.09 Å². The molecule has 0 radical (unpaired) electrons. The molecule has 1 saturated heterocycles. The topological polar surface area (TPSA) is 38.8 Å². The highest BCUT2D eigenvalue weighted by atomic mass is 32.2. The van der Waals surface area contributed by atoms with Crippen LogP contribution in [0, 0.1) is 0 Å². The van der Waals surface area contributed by atoms with E-state index in [4.69, 9.17) is 9.47 Å². The van der Waals surface area contributed by atoms with Crippen LogP contribution in [0.4, 0.5) is 4.79 Å². The van der Waals surface area contributed by atoms with Gasteiger partial charge in [-0.05, 0) is 46.3 Å². The number of likely N-dealkylation sites (tertiary alicyclic amines) is 1. The van der Waals surface area contributed by atoms with Crippen molar-refractivity contribution in [2.75, 3.05) is 31.2 Å². The van der Waals surface area contributed by atoms with Crippen LogP contribution in [-0.4, -0.2) is 53.4 Å². The van der Waals surface area contributed by atoms with Gasteiger partial charge in [-0.15, -0.1) is 0 Å². The zero-order chi connectivity index (χ0) is 15.2. The van der Waals surface area contributed by atoms with Crippen LogP contribution in [0.1, 0.15) is 47.5 Å². The third-order valence-corrected chi connectivity index (χ3v) is 4.22. The molecule has 118 valence electrons. The van der Waals surface area contributed by atoms with Crippen molar-refractivity contribution < 1.29 is 14.3 Å². The van der Waals surface area contributed by atoms with Crippen LogP contribution >= 0.6 is 11.8 Å². The van der Waals surface area contributed by atoms with Gasteiger partial charge in [-0.3, -0.25) is 0 Å². The van der Waals surface area contributed by atoms with Crippen molar-refractivity contribution in [3.8, 4) is 0 Å². The standard InChI is InChI=1S/C15H29NO3S/c1-6-20-12-11-18-15(5)7-9-16(10-8-15)13(17)19-14(2,3)4/h6-12H2,1-5H3. The number of rotatable bonds is 5. The molecule has 1 rings (SSSR count). The van der Waals surface area contributed by atoms with Crippen LogP contribution in [0.25, 0.3) is 0 Å². The smallest absolute Gasteiger partial charge is 0.410 e. The third kappa shape index (κ3) is 6.35. The van der Waals surface area contributed by atoms with E-state index in [-0.39, 0.29) is 11.7 Å². The molecule has 0 aromatic rings. The minimum absolute atomic E-state index is 0.0905. The molecule has 20 heavy (non-hydrogen) atoms. The summed E-state index contributed by atoms with van der Waals surface area (Å²) < 4.78 is 11.4.